The molecule has 6 nitrogen and oxygen atoms in total. The lowest BCUT2D eigenvalue weighted by atomic mass is 10.2. The van der Waals surface area contributed by atoms with Gasteiger partial charge in [-0.3, -0.25) is 4.79 Å². The summed E-state index contributed by atoms with van der Waals surface area (Å²) >= 11 is 1.48. The number of amides is 1. The van der Waals surface area contributed by atoms with Crippen LogP contribution in [0.25, 0.3) is 0 Å². The molecule has 1 amide bonds. The average molecular weight is 306 g/mol. The summed E-state index contributed by atoms with van der Waals surface area (Å²) in [4.78, 5) is 17.3. The van der Waals surface area contributed by atoms with Crippen molar-refractivity contribution in [1.82, 2.24) is 10.3 Å². The van der Waals surface area contributed by atoms with Crippen LogP contribution in [0.4, 0.5) is 5.13 Å². The minimum Gasteiger partial charge on any atom is -0.376 e. The van der Waals surface area contributed by atoms with E-state index in [9.17, 15) is 4.79 Å². The maximum absolute atomic E-state index is 11.9. The van der Waals surface area contributed by atoms with Crippen molar-refractivity contribution in [3.8, 4) is 6.07 Å². The van der Waals surface area contributed by atoms with E-state index in [1.54, 1.807) is 0 Å². The van der Waals surface area contributed by atoms with Crippen molar-refractivity contribution in [3.63, 3.8) is 0 Å². The molecule has 112 valence electrons. The van der Waals surface area contributed by atoms with Gasteiger partial charge in [0.25, 0.3) is 5.91 Å². The third kappa shape index (κ3) is 4.28. The van der Waals surface area contributed by atoms with Crippen LogP contribution >= 0.6 is 11.3 Å². The quantitative estimate of drug-likeness (QED) is 0.640. The Kier molecular flexibility index (Phi) is 5.31. The lowest BCUT2D eigenvalue weighted by Crippen LogP contribution is -2.32. The van der Waals surface area contributed by atoms with Crippen LogP contribution in [0.5, 0.6) is 0 Å². The SMILES string of the molecule is Cc1nc(N/C=C(/C#N)C(=O)NCC2CCCO2)sc1C. The molecule has 1 atom stereocenters. The van der Waals surface area contributed by atoms with Gasteiger partial charge in [-0.05, 0) is 26.7 Å². The van der Waals surface area contributed by atoms with E-state index < -0.39 is 5.91 Å². The minimum absolute atomic E-state index is 0.0264. The van der Waals surface area contributed by atoms with E-state index in [4.69, 9.17) is 10.00 Å². The lowest BCUT2D eigenvalue weighted by Gasteiger charge is -2.10. The van der Waals surface area contributed by atoms with Gasteiger partial charge in [0, 0.05) is 24.2 Å². The van der Waals surface area contributed by atoms with Gasteiger partial charge in [-0.1, -0.05) is 0 Å². The maximum atomic E-state index is 11.9. The molecule has 0 radical (unpaired) electrons. The Labute approximate surface area is 127 Å². The molecule has 1 unspecified atom stereocenters. The zero-order chi connectivity index (χ0) is 15.2. The third-order valence-electron chi connectivity index (χ3n) is 3.25. The van der Waals surface area contributed by atoms with E-state index in [0.717, 1.165) is 30.0 Å². The molecule has 0 aromatic carbocycles. The molecule has 0 saturated carbocycles. The van der Waals surface area contributed by atoms with Crippen LogP contribution < -0.4 is 10.6 Å². The fourth-order valence-electron chi connectivity index (χ4n) is 1.92. The van der Waals surface area contributed by atoms with Crippen LogP contribution in [-0.4, -0.2) is 30.1 Å². The Morgan fingerprint density at radius 2 is 2.43 bits per heavy atom. The standard InChI is InChI=1S/C14H18N4O2S/c1-9-10(2)21-14(18-9)17-7-11(6-15)13(19)16-8-12-4-3-5-20-12/h7,12H,3-5,8H2,1-2H3,(H,16,19)(H,17,18)/b11-7-. The molecule has 1 aliphatic heterocycles. The summed E-state index contributed by atoms with van der Waals surface area (Å²) in [5.41, 5.74) is 0.968. The fraction of sp³-hybridized carbons (Fsp3) is 0.500. The first-order chi connectivity index (χ1) is 10.1. The first kappa shape index (κ1) is 15.5. The Morgan fingerprint density at radius 1 is 1.62 bits per heavy atom. The Bertz CT molecular complexity index is 563. The molecule has 1 saturated heterocycles. The van der Waals surface area contributed by atoms with Gasteiger partial charge in [0.2, 0.25) is 0 Å². The summed E-state index contributed by atoms with van der Waals surface area (Å²) in [6.45, 7) is 5.07. The second-order valence-corrected chi connectivity index (χ2v) is 6.02. The first-order valence-corrected chi connectivity index (χ1v) is 7.62. The summed E-state index contributed by atoms with van der Waals surface area (Å²) in [5, 5.41) is 15.3. The van der Waals surface area contributed by atoms with Gasteiger partial charge in [-0.15, -0.1) is 11.3 Å². The number of thiazole rings is 1. The summed E-state index contributed by atoms with van der Waals surface area (Å²) in [5.74, 6) is -0.398. The highest BCUT2D eigenvalue weighted by Crippen LogP contribution is 2.21. The first-order valence-electron chi connectivity index (χ1n) is 6.80. The third-order valence-corrected chi connectivity index (χ3v) is 4.25. The van der Waals surface area contributed by atoms with E-state index >= 15 is 0 Å². The van der Waals surface area contributed by atoms with Gasteiger partial charge in [0.05, 0.1) is 11.8 Å². The van der Waals surface area contributed by atoms with Crippen molar-refractivity contribution in [2.75, 3.05) is 18.5 Å². The number of nitrogens with one attached hydrogen (secondary N) is 2. The molecule has 2 N–H and O–H groups in total. The Balaban J connectivity index is 1.89. The van der Waals surface area contributed by atoms with Crippen molar-refractivity contribution in [1.29, 1.82) is 5.26 Å². The highest BCUT2D eigenvalue weighted by Gasteiger charge is 2.17. The van der Waals surface area contributed by atoms with Gasteiger partial charge in [0.1, 0.15) is 11.6 Å². The van der Waals surface area contributed by atoms with E-state index in [-0.39, 0.29) is 11.7 Å². The Hall–Kier alpha value is -1.91. The van der Waals surface area contributed by atoms with Crippen LogP contribution in [-0.2, 0) is 9.53 Å². The van der Waals surface area contributed by atoms with Crippen LogP contribution in [0, 0.1) is 25.2 Å². The second kappa shape index (κ2) is 7.20. The zero-order valence-electron chi connectivity index (χ0n) is 12.1. The van der Waals surface area contributed by atoms with Crippen molar-refractivity contribution in [2.24, 2.45) is 0 Å². The molecule has 7 heteroatoms. The molecule has 0 bridgehead atoms. The van der Waals surface area contributed by atoms with Crippen LogP contribution in [0.2, 0.25) is 0 Å². The van der Waals surface area contributed by atoms with Crippen molar-refractivity contribution in [2.45, 2.75) is 32.8 Å². The van der Waals surface area contributed by atoms with E-state index in [1.165, 1.54) is 17.5 Å². The topological polar surface area (TPSA) is 87.0 Å². The van der Waals surface area contributed by atoms with Crippen LogP contribution in [0.3, 0.4) is 0 Å². The fourth-order valence-corrected chi connectivity index (χ4v) is 2.71. The van der Waals surface area contributed by atoms with Crippen LogP contribution in [0.1, 0.15) is 23.4 Å². The van der Waals surface area contributed by atoms with Crippen molar-refractivity contribution < 1.29 is 9.53 Å². The second-order valence-electron chi connectivity index (χ2n) is 4.82. The number of anilines is 1. The number of nitrogens with zero attached hydrogens (tertiary/aromatic N) is 2. The molecule has 21 heavy (non-hydrogen) atoms. The number of nitriles is 1. The predicted octanol–water partition coefficient (Wildman–Crippen LogP) is 1.87. The number of ether oxygens (including phenoxy) is 1. The van der Waals surface area contributed by atoms with Crippen molar-refractivity contribution in [3.05, 3.63) is 22.3 Å². The lowest BCUT2D eigenvalue weighted by molar-refractivity contribution is -0.117. The average Bonchev–Trinajstić information content (AvgIpc) is 3.08. The number of hydrogen-bond acceptors (Lipinski definition) is 6. The number of carbonyl (C=O) groups excluding carboxylic acids is 1. The van der Waals surface area contributed by atoms with Crippen LogP contribution in [0.15, 0.2) is 11.8 Å². The number of carbonyl (C=O) groups is 1. The summed E-state index contributed by atoms with van der Waals surface area (Å²) in [7, 11) is 0. The molecule has 0 spiro atoms. The van der Waals surface area contributed by atoms with Gasteiger partial charge >= 0.3 is 0 Å². The molecular formula is C14H18N4O2S. The molecule has 1 aliphatic rings. The summed E-state index contributed by atoms with van der Waals surface area (Å²) in [6, 6.07) is 1.89. The smallest absolute Gasteiger partial charge is 0.263 e. The van der Waals surface area contributed by atoms with E-state index in [1.807, 2.05) is 19.9 Å². The van der Waals surface area contributed by atoms with E-state index in [0.29, 0.717) is 11.7 Å². The monoisotopic (exact) mass is 306 g/mol. The summed E-state index contributed by atoms with van der Waals surface area (Å²) in [6.07, 6.45) is 3.42. The Morgan fingerprint density at radius 3 is 3.00 bits per heavy atom. The van der Waals surface area contributed by atoms with Crippen molar-refractivity contribution >= 4 is 22.4 Å². The van der Waals surface area contributed by atoms with Gasteiger partial charge in [-0.25, -0.2) is 4.98 Å². The molecule has 1 fully saturated rings. The zero-order valence-corrected chi connectivity index (χ0v) is 12.9. The highest BCUT2D eigenvalue weighted by molar-refractivity contribution is 7.15. The van der Waals surface area contributed by atoms with Gasteiger partial charge in [0.15, 0.2) is 5.13 Å². The molecule has 1 aromatic heterocycles. The molecule has 1 aromatic rings. The predicted molar refractivity (Wildman–Crippen MR) is 80.9 cm³/mol. The summed E-state index contributed by atoms with van der Waals surface area (Å²) < 4.78 is 5.42. The molecule has 2 rings (SSSR count). The maximum Gasteiger partial charge on any atom is 0.263 e. The largest absolute Gasteiger partial charge is 0.376 e. The number of aromatic nitrogens is 1. The molecular weight excluding hydrogens is 288 g/mol. The highest BCUT2D eigenvalue weighted by atomic mass is 32.1. The molecule has 2 heterocycles. The normalized spacial score (nSPS) is 18.3. The molecule has 0 aliphatic carbocycles. The van der Waals surface area contributed by atoms with Gasteiger partial charge in [-0.2, -0.15) is 5.26 Å². The van der Waals surface area contributed by atoms with E-state index in [2.05, 4.69) is 15.6 Å². The minimum atomic E-state index is -0.398. The number of aryl methyl sites for hydroxylation is 2. The number of rotatable bonds is 5. The van der Waals surface area contributed by atoms with Gasteiger partial charge < -0.3 is 15.4 Å². The number of hydrogen-bond donors (Lipinski definition) is 2.